The Balaban J connectivity index is 1.76. The van der Waals surface area contributed by atoms with Crippen LogP contribution >= 0.6 is 27.3 Å². The van der Waals surface area contributed by atoms with Gasteiger partial charge in [-0.2, -0.15) is 0 Å². The normalized spacial score (nSPS) is 28.5. The van der Waals surface area contributed by atoms with Gasteiger partial charge in [0.1, 0.15) is 5.54 Å². The van der Waals surface area contributed by atoms with E-state index in [9.17, 15) is 14.4 Å². The maximum Gasteiger partial charge on any atom is 0.322 e. The molecule has 3 rings (SSSR count). The molecule has 1 aromatic heterocycles. The van der Waals surface area contributed by atoms with E-state index >= 15 is 0 Å². The SMILES string of the molecule is C[C@]1([C@@H]2CCCN(C(=O)c3csc(Br)c3)C2)NC(=O)NC1=O. The minimum absolute atomic E-state index is 0.0278. The molecule has 0 spiro atoms. The van der Waals surface area contributed by atoms with Gasteiger partial charge in [-0.3, -0.25) is 14.9 Å². The van der Waals surface area contributed by atoms with Crippen molar-refractivity contribution in [2.75, 3.05) is 13.1 Å². The van der Waals surface area contributed by atoms with Crippen LogP contribution in [-0.4, -0.2) is 41.4 Å². The zero-order chi connectivity index (χ0) is 15.9. The fourth-order valence-corrected chi connectivity index (χ4v) is 4.21. The van der Waals surface area contributed by atoms with E-state index < -0.39 is 11.6 Å². The van der Waals surface area contributed by atoms with Gasteiger partial charge in [-0.25, -0.2) is 4.79 Å². The Hall–Kier alpha value is -1.41. The number of carbonyl (C=O) groups excluding carboxylic acids is 3. The van der Waals surface area contributed by atoms with Crippen LogP contribution in [0, 0.1) is 5.92 Å². The predicted octanol–water partition coefficient (Wildman–Crippen LogP) is 1.96. The largest absolute Gasteiger partial charge is 0.338 e. The summed E-state index contributed by atoms with van der Waals surface area (Å²) in [5.41, 5.74) is -0.284. The highest BCUT2D eigenvalue weighted by Crippen LogP contribution is 2.31. The van der Waals surface area contributed by atoms with Crippen LogP contribution in [0.15, 0.2) is 15.2 Å². The Morgan fingerprint density at radius 2 is 2.27 bits per heavy atom. The Morgan fingerprint density at radius 1 is 1.50 bits per heavy atom. The number of halogens is 1. The van der Waals surface area contributed by atoms with E-state index in [0.29, 0.717) is 18.7 Å². The van der Waals surface area contributed by atoms with Crippen molar-refractivity contribution in [1.29, 1.82) is 0 Å². The van der Waals surface area contributed by atoms with Crippen LogP contribution in [0.4, 0.5) is 4.79 Å². The molecule has 0 radical (unpaired) electrons. The third-order valence-corrected chi connectivity index (χ3v) is 5.92. The van der Waals surface area contributed by atoms with Gasteiger partial charge in [0.15, 0.2) is 0 Å². The number of piperidine rings is 1. The lowest BCUT2D eigenvalue weighted by Gasteiger charge is -2.39. The molecule has 6 nitrogen and oxygen atoms in total. The summed E-state index contributed by atoms with van der Waals surface area (Å²) in [5, 5.41) is 6.82. The van der Waals surface area contributed by atoms with Crippen molar-refractivity contribution in [2.45, 2.75) is 25.3 Å². The molecule has 8 heteroatoms. The number of thiophene rings is 1. The maximum atomic E-state index is 12.5. The second-order valence-corrected chi connectivity index (χ2v) is 8.13. The van der Waals surface area contributed by atoms with Gasteiger partial charge in [-0.15, -0.1) is 11.3 Å². The standard InChI is InChI=1S/C14H16BrN3O3S/c1-14(12(20)16-13(21)17-14)9-3-2-4-18(6-9)11(19)8-5-10(15)22-7-8/h5,7,9H,2-4,6H2,1H3,(H2,16,17,20,21)/t9-,14-/m1/s1. The van der Waals surface area contributed by atoms with Gasteiger partial charge in [0.05, 0.1) is 9.35 Å². The van der Waals surface area contributed by atoms with Gasteiger partial charge < -0.3 is 10.2 Å². The Labute approximate surface area is 140 Å². The van der Waals surface area contributed by atoms with E-state index in [-0.39, 0.29) is 17.7 Å². The monoisotopic (exact) mass is 385 g/mol. The molecule has 0 saturated carbocycles. The molecular formula is C14H16BrN3O3S. The number of urea groups is 1. The summed E-state index contributed by atoms with van der Waals surface area (Å²) in [4.78, 5) is 37.8. The van der Waals surface area contributed by atoms with Crippen LogP contribution in [0.25, 0.3) is 0 Å². The second-order valence-electron chi connectivity index (χ2n) is 5.84. The first-order valence-corrected chi connectivity index (χ1v) is 8.74. The second kappa shape index (κ2) is 5.66. The molecule has 3 heterocycles. The summed E-state index contributed by atoms with van der Waals surface area (Å²) < 4.78 is 0.916. The van der Waals surface area contributed by atoms with Gasteiger partial charge in [-0.05, 0) is 41.8 Å². The summed E-state index contributed by atoms with van der Waals surface area (Å²) in [6.07, 6.45) is 1.63. The molecule has 2 aliphatic heterocycles. The van der Waals surface area contributed by atoms with Crippen molar-refractivity contribution < 1.29 is 14.4 Å². The number of hydrogen-bond donors (Lipinski definition) is 2. The van der Waals surface area contributed by atoms with Gasteiger partial charge in [0.2, 0.25) is 0 Å². The van der Waals surface area contributed by atoms with E-state index in [0.717, 1.165) is 16.6 Å². The molecule has 0 bridgehead atoms. The summed E-state index contributed by atoms with van der Waals surface area (Å²) in [5.74, 6) is -0.422. The molecule has 2 N–H and O–H groups in total. The van der Waals surface area contributed by atoms with Crippen LogP contribution in [0.2, 0.25) is 0 Å². The molecule has 2 saturated heterocycles. The molecule has 0 unspecified atom stereocenters. The molecule has 22 heavy (non-hydrogen) atoms. The van der Waals surface area contributed by atoms with Crippen molar-refractivity contribution in [3.63, 3.8) is 0 Å². The quantitative estimate of drug-likeness (QED) is 0.763. The van der Waals surface area contributed by atoms with Crippen molar-refractivity contribution in [3.05, 3.63) is 20.8 Å². The van der Waals surface area contributed by atoms with E-state index in [1.54, 1.807) is 11.8 Å². The Bertz CT molecular complexity index is 647. The molecule has 0 aromatic carbocycles. The van der Waals surface area contributed by atoms with Crippen LogP contribution < -0.4 is 10.6 Å². The number of likely N-dealkylation sites (tertiary alicyclic amines) is 1. The van der Waals surface area contributed by atoms with Crippen molar-refractivity contribution in [2.24, 2.45) is 5.92 Å². The first-order valence-electron chi connectivity index (χ1n) is 7.07. The highest BCUT2D eigenvalue weighted by molar-refractivity contribution is 9.11. The van der Waals surface area contributed by atoms with Crippen molar-refractivity contribution >= 4 is 45.1 Å². The highest BCUT2D eigenvalue weighted by atomic mass is 79.9. The molecule has 0 aliphatic carbocycles. The molecule has 2 fully saturated rings. The average molecular weight is 386 g/mol. The Kier molecular flexibility index (Phi) is 3.98. The topological polar surface area (TPSA) is 78.5 Å². The molecule has 1 aromatic rings. The number of hydrogen-bond acceptors (Lipinski definition) is 4. The van der Waals surface area contributed by atoms with Crippen LogP contribution in [0.5, 0.6) is 0 Å². The summed E-state index contributed by atoms with van der Waals surface area (Å²) in [6, 6.07) is 1.35. The molecule has 2 atom stereocenters. The number of rotatable bonds is 2. The summed E-state index contributed by atoms with van der Waals surface area (Å²) >= 11 is 4.83. The van der Waals surface area contributed by atoms with E-state index in [1.807, 2.05) is 11.4 Å². The minimum atomic E-state index is -0.939. The lowest BCUT2D eigenvalue weighted by Crippen LogP contribution is -2.56. The molecule has 118 valence electrons. The number of carbonyl (C=O) groups is 3. The van der Waals surface area contributed by atoms with E-state index in [2.05, 4.69) is 26.6 Å². The Morgan fingerprint density at radius 3 is 2.86 bits per heavy atom. The van der Waals surface area contributed by atoms with E-state index in [4.69, 9.17) is 0 Å². The summed E-state index contributed by atoms with van der Waals surface area (Å²) in [7, 11) is 0. The molecule has 4 amide bonds. The first kappa shape index (κ1) is 15.5. The predicted molar refractivity (Wildman–Crippen MR) is 85.7 cm³/mol. The fraction of sp³-hybridized carbons (Fsp3) is 0.500. The summed E-state index contributed by atoms with van der Waals surface area (Å²) in [6.45, 7) is 2.87. The zero-order valence-corrected chi connectivity index (χ0v) is 14.4. The van der Waals surface area contributed by atoms with Gasteiger partial charge in [0, 0.05) is 24.4 Å². The zero-order valence-electron chi connectivity index (χ0n) is 12.0. The van der Waals surface area contributed by atoms with Gasteiger partial charge in [-0.1, -0.05) is 0 Å². The highest BCUT2D eigenvalue weighted by Gasteiger charge is 2.49. The third-order valence-electron chi connectivity index (χ3n) is 4.41. The maximum absolute atomic E-state index is 12.5. The lowest BCUT2D eigenvalue weighted by atomic mass is 9.80. The number of imide groups is 1. The van der Waals surface area contributed by atoms with E-state index in [1.165, 1.54) is 11.3 Å². The number of nitrogens with zero attached hydrogens (tertiary/aromatic N) is 1. The van der Waals surface area contributed by atoms with Gasteiger partial charge in [0.25, 0.3) is 11.8 Å². The minimum Gasteiger partial charge on any atom is -0.338 e. The lowest BCUT2D eigenvalue weighted by molar-refractivity contribution is -0.125. The van der Waals surface area contributed by atoms with Crippen molar-refractivity contribution in [3.8, 4) is 0 Å². The van der Waals surface area contributed by atoms with Crippen LogP contribution in [0.1, 0.15) is 30.1 Å². The number of nitrogens with one attached hydrogen (secondary N) is 2. The smallest absolute Gasteiger partial charge is 0.322 e. The first-order chi connectivity index (χ1) is 10.4. The third kappa shape index (κ3) is 2.65. The fourth-order valence-electron chi connectivity index (χ4n) is 3.08. The van der Waals surface area contributed by atoms with Crippen molar-refractivity contribution in [1.82, 2.24) is 15.5 Å². The number of amides is 4. The average Bonchev–Trinajstić information content (AvgIpc) is 3.03. The van der Waals surface area contributed by atoms with Gasteiger partial charge >= 0.3 is 6.03 Å². The van der Waals surface area contributed by atoms with Crippen LogP contribution in [-0.2, 0) is 4.79 Å². The van der Waals surface area contributed by atoms with Crippen LogP contribution in [0.3, 0.4) is 0 Å². The molecule has 2 aliphatic rings. The molecular weight excluding hydrogens is 370 g/mol.